The molecule has 6 heteroatoms. The van der Waals surface area contributed by atoms with E-state index in [1.165, 1.54) is 55.2 Å². The summed E-state index contributed by atoms with van der Waals surface area (Å²) in [5, 5.41) is 0. The van der Waals surface area contributed by atoms with E-state index in [9.17, 15) is 0 Å². The van der Waals surface area contributed by atoms with Crippen molar-refractivity contribution in [3.05, 3.63) is 90.3 Å². The zero-order valence-corrected chi connectivity index (χ0v) is 37.2. The number of hydrogen-bond donors (Lipinski definition) is 0. The van der Waals surface area contributed by atoms with Crippen molar-refractivity contribution in [2.24, 2.45) is 0 Å². The number of unbranched alkanes of at least 4 members (excludes halogenated alkanes) is 3. The lowest BCUT2D eigenvalue weighted by Gasteiger charge is -2.17. The summed E-state index contributed by atoms with van der Waals surface area (Å²) in [5.74, 6) is 0. The maximum absolute atomic E-state index is 2.26. The van der Waals surface area contributed by atoms with E-state index in [0.717, 1.165) is 19.6 Å². The fourth-order valence-corrected chi connectivity index (χ4v) is 4.34. The van der Waals surface area contributed by atoms with E-state index in [0.29, 0.717) is 0 Å². The maximum atomic E-state index is 2.26. The largest absolute Gasteiger partial charge is 1.00 e. The van der Waals surface area contributed by atoms with Crippen molar-refractivity contribution in [1.82, 2.24) is 0 Å². The van der Waals surface area contributed by atoms with Crippen LogP contribution in [0.15, 0.2) is 73.6 Å². The highest BCUT2D eigenvalue weighted by Crippen LogP contribution is 2.21. The quantitative estimate of drug-likeness (QED) is 0.216. The number of aryl methyl sites for hydroxylation is 3. The highest BCUT2D eigenvalue weighted by atomic mass is 127. The van der Waals surface area contributed by atoms with Crippen LogP contribution >= 0.6 is 0 Å². The van der Waals surface area contributed by atoms with E-state index in [-0.39, 0.29) is 88.2 Å². The van der Waals surface area contributed by atoms with Crippen molar-refractivity contribution in [2.75, 3.05) is 0 Å². The molecule has 0 atom stereocenters. The third-order valence-corrected chi connectivity index (χ3v) is 7.58. The van der Waals surface area contributed by atoms with Crippen molar-refractivity contribution in [1.29, 1.82) is 0 Å². The maximum Gasteiger partial charge on any atom is 0.169 e. The van der Waals surface area contributed by atoms with Crippen molar-refractivity contribution < 1.29 is 85.6 Å². The molecule has 0 spiro atoms. The normalized spacial score (nSPS) is 10.9. The van der Waals surface area contributed by atoms with E-state index < -0.39 is 0 Å². The molecule has 0 saturated carbocycles. The van der Waals surface area contributed by atoms with Gasteiger partial charge in [0, 0.05) is 55.7 Å². The molecule has 3 aromatic heterocycles. The highest BCUT2D eigenvalue weighted by Gasteiger charge is 2.16. The summed E-state index contributed by atoms with van der Waals surface area (Å²) in [6.45, 7) is 30.3. The Labute approximate surface area is 330 Å². The number of halogens is 3. The van der Waals surface area contributed by atoms with E-state index in [2.05, 4.69) is 170 Å². The molecule has 0 unspecified atom stereocenters. The molecule has 3 aromatic rings. The minimum Gasteiger partial charge on any atom is -1.00 e. The zero-order chi connectivity index (χ0) is 31.8. The van der Waals surface area contributed by atoms with Crippen LogP contribution in [0.1, 0.15) is 138 Å². The molecule has 45 heavy (non-hydrogen) atoms. The predicted octanol–water partition coefficient (Wildman–Crippen LogP) is 0.227. The van der Waals surface area contributed by atoms with Gasteiger partial charge in [0.2, 0.25) is 0 Å². The molecule has 0 bridgehead atoms. The van der Waals surface area contributed by atoms with E-state index in [1.54, 1.807) is 0 Å². The number of nitrogens with zero attached hydrogens (tertiary/aromatic N) is 3. The van der Waals surface area contributed by atoms with Gasteiger partial charge in [0.15, 0.2) is 37.2 Å². The van der Waals surface area contributed by atoms with Gasteiger partial charge in [-0.05, 0) is 32.9 Å². The average molecular weight is 958 g/mol. The van der Waals surface area contributed by atoms with Crippen LogP contribution in [0.25, 0.3) is 0 Å². The molecule has 0 aromatic carbocycles. The lowest BCUT2D eigenvalue weighted by atomic mass is 9.88. The van der Waals surface area contributed by atoms with Crippen LogP contribution in [0.4, 0.5) is 0 Å². The van der Waals surface area contributed by atoms with Gasteiger partial charge >= 0.3 is 0 Å². The summed E-state index contributed by atoms with van der Waals surface area (Å²) < 4.78 is 6.79. The SMILES string of the molecule is CCCC[n+]1ccc(C(C)(C)C)cc1.CCCC[n+]1ccc(C(C)(C)C)cc1.CCCC[n+]1ccc(C(C)(C)C)cc1.[I-].[I-].[I-]. The standard InChI is InChI=1S/3C13H22N.3HI/c3*1-5-6-9-14-10-7-12(8-11-14)13(2,3)4;;;/h3*7-8,10-11H,5-6,9H2,1-4H3;3*1H/q3*+1;;;/p-3. The third-order valence-electron chi connectivity index (χ3n) is 7.58. The summed E-state index contributed by atoms with van der Waals surface area (Å²) in [6.07, 6.45) is 20.7. The molecule has 0 saturated heterocycles. The second kappa shape index (κ2) is 24.7. The molecule has 0 amide bonds. The number of rotatable bonds is 9. The Morgan fingerprint density at radius 3 is 0.689 bits per heavy atom. The summed E-state index contributed by atoms with van der Waals surface area (Å²) in [4.78, 5) is 0. The molecule has 0 aliphatic carbocycles. The van der Waals surface area contributed by atoms with Crippen LogP contribution in [0, 0.1) is 0 Å². The van der Waals surface area contributed by atoms with Gasteiger partial charge in [0.25, 0.3) is 0 Å². The minimum absolute atomic E-state index is 0. The minimum atomic E-state index is 0. The first-order valence-corrected chi connectivity index (χ1v) is 16.6. The molecule has 0 fully saturated rings. The molecular formula is C39H66I3N3. The Bertz CT molecular complexity index is 961. The number of pyridine rings is 3. The van der Waals surface area contributed by atoms with Crippen LogP contribution in [-0.4, -0.2) is 0 Å². The molecule has 0 aliphatic rings. The Kier molecular flexibility index (Phi) is 26.9. The van der Waals surface area contributed by atoms with E-state index in [1.807, 2.05) is 0 Å². The van der Waals surface area contributed by atoms with Gasteiger partial charge in [-0.3, -0.25) is 0 Å². The van der Waals surface area contributed by atoms with Gasteiger partial charge in [-0.1, -0.05) is 102 Å². The summed E-state index contributed by atoms with van der Waals surface area (Å²) in [6, 6.07) is 13.4. The fraction of sp³-hybridized carbons (Fsp3) is 0.615. The molecule has 3 nitrogen and oxygen atoms in total. The van der Waals surface area contributed by atoms with Gasteiger partial charge in [-0.15, -0.1) is 0 Å². The summed E-state index contributed by atoms with van der Waals surface area (Å²) >= 11 is 0. The lowest BCUT2D eigenvalue weighted by Crippen LogP contribution is -3.00. The number of aromatic nitrogens is 3. The zero-order valence-electron chi connectivity index (χ0n) is 30.8. The Balaban J connectivity index is -0.000000569. The van der Waals surface area contributed by atoms with Crippen molar-refractivity contribution in [2.45, 2.75) is 157 Å². The van der Waals surface area contributed by atoms with Gasteiger partial charge in [-0.2, -0.15) is 0 Å². The van der Waals surface area contributed by atoms with E-state index in [4.69, 9.17) is 0 Å². The van der Waals surface area contributed by atoms with Crippen LogP contribution in [0.5, 0.6) is 0 Å². The Morgan fingerprint density at radius 2 is 0.556 bits per heavy atom. The molecule has 3 rings (SSSR count). The predicted molar refractivity (Wildman–Crippen MR) is 181 cm³/mol. The highest BCUT2D eigenvalue weighted by molar-refractivity contribution is 5.18. The average Bonchev–Trinajstić information content (AvgIpc) is 2.94. The Hall–Kier alpha value is -0.360. The van der Waals surface area contributed by atoms with Crippen molar-refractivity contribution in [3.8, 4) is 0 Å². The first-order valence-electron chi connectivity index (χ1n) is 16.6. The van der Waals surface area contributed by atoms with Crippen molar-refractivity contribution >= 4 is 0 Å². The second-order valence-corrected chi connectivity index (χ2v) is 14.8. The number of hydrogen-bond acceptors (Lipinski definition) is 0. The summed E-state index contributed by atoms with van der Waals surface area (Å²) in [7, 11) is 0. The first kappa shape index (κ1) is 49.0. The molecule has 0 radical (unpaired) electrons. The third kappa shape index (κ3) is 21.3. The van der Waals surface area contributed by atoms with Crippen LogP contribution in [0.2, 0.25) is 0 Å². The van der Waals surface area contributed by atoms with Crippen LogP contribution in [-0.2, 0) is 35.9 Å². The molecule has 3 heterocycles. The first-order chi connectivity index (χ1) is 19.6. The smallest absolute Gasteiger partial charge is 0.169 e. The van der Waals surface area contributed by atoms with Crippen molar-refractivity contribution in [3.63, 3.8) is 0 Å². The fourth-order valence-electron chi connectivity index (χ4n) is 4.34. The van der Waals surface area contributed by atoms with Gasteiger partial charge in [-0.25, -0.2) is 13.7 Å². The Morgan fingerprint density at radius 1 is 0.378 bits per heavy atom. The second-order valence-electron chi connectivity index (χ2n) is 14.8. The molecule has 258 valence electrons. The van der Waals surface area contributed by atoms with Gasteiger partial charge in [0.1, 0.15) is 19.6 Å². The lowest BCUT2D eigenvalue weighted by molar-refractivity contribution is -0.697. The summed E-state index contributed by atoms with van der Waals surface area (Å²) in [5.41, 5.74) is 5.03. The molecule has 0 aliphatic heterocycles. The van der Waals surface area contributed by atoms with Gasteiger partial charge < -0.3 is 71.9 Å². The topological polar surface area (TPSA) is 11.6 Å². The van der Waals surface area contributed by atoms with E-state index >= 15 is 0 Å². The molecular weight excluding hydrogens is 891 g/mol. The monoisotopic (exact) mass is 957 g/mol. The van der Waals surface area contributed by atoms with Crippen LogP contribution in [0.3, 0.4) is 0 Å². The van der Waals surface area contributed by atoms with Crippen LogP contribution < -0.4 is 85.6 Å². The van der Waals surface area contributed by atoms with Gasteiger partial charge in [0.05, 0.1) is 0 Å². The molecule has 0 N–H and O–H groups in total.